The van der Waals surface area contributed by atoms with Gasteiger partial charge in [-0.05, 0) is 127 Å². The van der Waals surface area contributed by atoms with Crippen LogP contribution in [0.2, 0.25) is 0 Å². The molecule has 1 heterocycles. The summed E-state index contributed by atoms with van der Waals surface area (Å²) in [5, 5.41) is 2.54. The van der Waals surface area contributed by atoms with Gasteiger partial charge in [0.1, 0.15) is 0 Å². The van der Waals surface area contributed by atoms with E-state index in [4.69, 9.17) is 0 Å². The van der Waals surface area contributed by atoms with Gasteiger partial charge in [-0.15, -0.1) is 0 Å². The zero-order chi connectivity index (χ0) is 45.2. The van der Waals surface area contributed by atoms with Gasteiger partial charge in [0.15, 0.2) is 0 Å². The monoisotopic (exact) mass is 866 g/mol. The molecule has 12 aromatic rings. The summed E-state index contributed by atoms with van der Waals surface area (Å²) >= 11 is 0. The first kappa shape index (κ1) is 40.5. The lowest BCUT2D eigenvalue weighted by Crippen LogP contribution is -2.09. The highest BCUT2D eigenvalue weighted by Crippen LogP contribution is 2.43. The lowest BCUT2D eigenvalue weighted by Gasteiger charge is -2.26. The first-order chi connectivity index (χ1) is 33.7. The Hall–Kier alpha value is -8.98. The smallest absolute Gasteiger partial charge is 0.0541 e. The van der Waals surface area contributed by atoms with Gasteiger partial charge in [0, 0.05) is 33.5 Å². The van der Waals surface area contributed by atoms with E-state index in [0.717, 1.165) is 28.3 Å². The van der Waals surface area contributed by atoms with Crippen molar-refractivity contribution in [1.29, 1.82) is 0 Å². The van der Waals surface area contributed by atoms with E-state index < -0.39 is 0 Å². The average Bonchev–Trinajstić information content (AvgIpc) is 3.76. The third-order valence-corrected chi connectivity index (χ3v) is 13.3. The van der Waals surface area contributed by atoms with Crippen molar-refractivity contribution >= 4 is 38.9 Å². The van der Waals surface area contributed by atoms with Crippen LogP contribution in [-0.2, 0) is 0 Å². The molecule has 0 aliphatic carbocycles. The normalized spacial score (nSPS) is 11.2. The SMILES string of the molecule is c1ccc(-c2ccc(N(c3ccc(-c4ccc(-n5c6ccccc6c6ccccc65)cc4)cc3)c3ccc(-c4ccccc4-c4ccccc4-c4ccccc4-c4ccccc4)cc3)cc2)cc1. The van der Waals surface area contributed by atoms with Crippen molar-refractivity contribution in [2.24, 2.45) is 0 Å². The number of para-hydroxylation sites is 2. The van der Waals surface area contributed by atoms with Gasteiger partial charge in [-0.25, -0.2) is 0 Å². The summed E-state index contributed by atoms with van der Waals surface area (Å²) in [7, 11) is 0. The molecule has 68 heavy (non-hydrogen) atoms. The van der Waals surface area contributed by atoms with E-state index in [1.807, 2.05) is 0 Å². The highest BCUT2D eigenvalue weighted by Gasteiger charge is 2.18. The molecule has 0 saturated heterocycles. The number of benzene rings is 11. The standard InChI is InChI=1S/C66H46N2/c1-3-17-47(18-4-1)48-31-39-53(40-32-48)67(54-41-33-49(34-42-54)50-35-43-56(44-36-50)68-65-29-15-13-27-63(65)64-28-14-16-30-66(64)68)55-45-37-52(38-46-55)58-22-8-10-24-60(58)62-26-12-11-25-61(62)59-23-9-7-21-57(59)51-19-5-2-6-20-51/h1-46H. The van der Waals surface area contributed by atoms with Crippen molar-refractivity contribution in [3.8, 4) is 72.4 Å². The summed E-state index contributed by atoms with van der Waals surface area (Å²) in [6, 6.07) is 101. The summed E-state index contributed by atoms with van der Waals surface area (Å²) < 4.78 is 2.37. The largest absolute Gasteiger partial charge is 0.311 e. The summed E-state index contributed by atoms with van der Waals surface area (Å²) in [6.07, 6.45) is 0. The molecule has 0 fully saturated rings. The molecule has 12 rings (SSSR count). The number of aromatic nitrogens is 1. The Kier molecular flexibility index (Phi) is 10.6. The second-order valence-electron chi connectivity index (χ2n) is 17.3. The Morgan fingerprint density at radius 2 is 0.485 bits per heavy atom. The highest BCUT2D eigenvalue weighted by atomic mass is 15.1. The van der Waals surface area contributed by atoms with Crippen LogP contribution < -0.4 is 4.90 Å². The molecular formula is C66H46N2. The molecule has 0 aliphatic rings. The van der Waals surface area contributed by atoms with Crippen molar-refractivity contribution < 1.29 is 0 Å². The van der Waals surface area contributed by atoms with Crippen LogP contribution in [0.25, 0.3) is 94.3 Å². The molecule has 0 atom stereocenters. The van der Waals surface area contributed by atoms with E-state index in [0.29, 0.717) is 0 Å². The Morgan fingerprint density at radius 3 is 0.912 bits per heavy atom. The molecule has 0 unspecified atom stereocenters. The number of rotatable bonds is 10. The molecule has 0 spiro atoms. The van der Waals surface area contributed by atoms with Gasteiger partial charge in [0.2, 0.25) is 0 Å². The van der Waals surface area contributed by atoms with E-state index in [2.05, 4.69) is 289 Å². The predicted molar refractivity (Wildman–Crippen MR) is 288 cm³/mol. The summed E-state index contributed by atoms with van der Waals surface area (Å²) in [5.41, 5.74) is 21.2. The Bertz CT molecular complexity index is 3630. The fraction of sp³-hybridized carbons (Fsp3) is 0. The van der Waals surface area contributed by atoms with Crippen LogP contribution in [0.3, 0.4) is 0 Å². The predicted octanol–water partition coefficient (Wildman–Crippen LogP) is 18.3. The van der Waals surface area contributed by atoms with Crippen LogP contribution in [-0.4, -0.2) is 4.57 Å². The molecular weight excluding hydrogens is 821 g/mol. The third-order valence-electron chi connectivity index (χ3n) is 13.3. The minimum absolute atomic E-state index is 1.08. The van der Waals surface area contributed by atoms with Gasteiger partial charge in [-0.1, -0.05) is 218 Å². The molecule has 0 bridgehead atoms. The van der Waals surface area contributed by atoms with Crippen LogP contribution in [0.15, 0.2) is 279 Å². The van der Waals surface area contributed by atoms with Crippen molar-refractivity contribution in [3.63, 3.8) is 0 Å². The third kappa shape index (κ3) is 7.54. The van der Waals surface area contributed by atoms with Crippen molar-refractivity contribution in [3.05, 3.63) is 279 Å². The van der Waals surface area contributed by atoms with Gasteiger partial charge in [0.25, 0.3) is 0 Å². The Balaban J connectivity index is 0.891. The number of fused-ring (bicyclic) bond motifs is 3. The van der Waals surface area contributed by atoms with E-state index >= 15 is 0 Å². The van der Waals surface area contributed by atoms with Crippen molar-refractivity contribution in [1.82, 2.24) is 4.57 Å². The summed E-state index contributed by atoms with van der Waals surface area (Å²) in [6.45, 7) is 0. The fourth-order valence-electron chi connectivity index (χ4n) is 9.99. The Labute approximate surface area is 397 Å². The number of anilines is 3. The molecule has 2 heteroatoms. The molecule has 0 radical (unpaired) electrons. The molecule has 1 aromatic heterocycles. The van der Waals surface area contributed by atoms with E-state index in [1.54, 1.807) is 0 Å². The topological polar surface area (TPSA) is 8.17 Å². The molecule has 0 aliphatic heterocycles. The van der Waals surface area contributed by atoms with Gasteiger partial charge in [-0.3, -0.25) is 0 Å². The lowest BCUT2D eigenvalue weighted by atomic mass is 9.87. The highest BCUT2D eigenvalue weighted by molar-refractivity contribution is 6.09. The van der Waals surface area contributed by atoms with Gasteiger partial charge in [0.05, 0.1) is 11.0 Å². The molecule has 320 valence electrons. The van der Waals surface area contributed by atoms with E-state index in [1.165, 1.54) is 83.0 Å². The van der Waals surface area contributed by atoms with Gasteiger partial charge >= 0.3 is 0 Å². The molecule has 0 N–H and O–H groups in total. The number of hydrogen-bond acceptors (Lipinski definition) is 1. The van der Waals surface area contributed by atoms with Crippen LogP contribution in [0, 0.1) is 0 Å². The minimum Gasteiger partial charge on any atom is -0.311 e. The molecule has 11 aromatic carbocycles. The Morgan fingerprint density at radius 1 is 0.206 bits per heavy atom. The lowest BCUT2D eigenvalue weighted by molar-refractivity contribution is 1.18. The van der Waals surface area contributed by atoms with E-state index in [-0.39, 0.29) is 0 Å². The maximum atomic E-state index is 2.37. The fourth-order valence-corrected chi connectivity index (χ4v) is 9.99. The van der Waals surface area contributed by atoms with Crippen LogP contribution in [0.1, 0.15) is 0 Å². The first-order valence-corrected chi connectivity index (χ1v) is 23.3. The zero-order valence-electron chi connectivity index (χ0n) is 37.5. The molecule has 2 nitrogen and oxygen atoms in total. The number of nitrogens with zero attached hydrogens (tertiary/aromatic N) is 2. The first-order valence-electron chi connectivity index (χ1n) is 23.3. The van der Waals surface area contributed by atoms with Crippen LogP contribution in [0.5, 0.6) is 0 Å². The molecule has 0 amide bonds. The van der Waals surface area contributed by atoms with Crippen LogP contribution >= 0.6 is 0 Å². The quantitative estimate of drug-likeness (QED) is 0.133. The number of hydrogen-bond donors (Lipinski definition) is 0. The summed E-state index contributed by atoms with van der Waals surface area (Å²) in [4.78, 5) is 2.36. The molecule has 0 saturated carbocycles. The van der Waals surface area contributed by atoms with E-state index in [9.17, 15) is 0 Å². The van der Waals surface area contributed by atoms with Gasteiger partial charge in [-0.2, -0.15) is 0 Å². The van der Waals surface area contributed by atoms with Crippen molar-refractivity contribution in [2.45, 2.75) is 0 Å². The second kappa shape index (κ2) is 17.8. The van der Waals surface area contributed by atoms with Crippen molar-refractivity contribution in [2.75, 3.05) is 4.90 Å². The average molecular weight is 867 g/mol. The van der Waals surface area contributed by atoms with Crippen LogP contribution in [0.4, 0.5) is 17.1 Å². The zero-order valence-corrected chi connectivity index (χ0v) is 37.5. The van der Waals surface area contributed by atoms with Gasteiger partial charge < -0.3 is 9.47 Å². The maximum Gasteiger partial charge on any atom is 0.0541 e. The minimum atomic E-state index is 1.08. The maximum absolute atomic E-state index is 2.37. The summed E-state index contributed by atoms with van der Waals surface area (Å²) in [5.74, 6) is 0. The second-order valence-corrected chi connectivity index (χ2v) is 17.3.